The van der Waals surface area contributed by atoms with E-state index < -0.39 is 5.82 Å². The first-order valence-corrected chi connectivity index (χ1v) is 29.6. The van der Waals surface area contributed by atoms with Gasteiger partial charge in [0.1, 0.15) is 0 Å². The van der Waals surface area contributed by atoms with Gasteiger partial charge in [-0.3, -0.25) is 19.2 Å². The third-order valence-corrected chi connectivity index (χ3v) is 13.1. The third kappa shape index (κ3) is 26.1. The van der Waals surface area contributed by atoms with Gasteiger partial charge in [0.25, 0.3) is 0 Å². The van der Waals surface area contributed by atoms with Crippen LogP contribution in [0.4, 0.5) is 38.0 Å². The molecule has 23 heteroatoms. The molecule has 2 saturated heterocycles. The molecule has 2 aliphatic rings. The number of aromatic nitrogens is 2. The summed E-state index contributed by atoms with van der Waals surface area (Å²) in [6.45, 7) is 7.80. The zero-order chi connectivity index (χ0) is 53.2. The van der Waals surface area contributed by atoms with Crippen molar-refractivity contribution in [1.29, 1.82) is 0 Å². The number of ether oxygens (including phenoxy) is 3. The van der Waals surface area contributed by atoms with Crippen molar-refractivity contribution in [2.45, 2.75) is 94.9 Å². The lowest BCUT2D eigenvalue weighted by molar-refractivity contribution is -0.123. The van der Waals surface area contributed by atoms with E-state index in [1.165, 1.54) is 6.08 Å². The lowest BCUT2D eigenvalue weighted by atomic mass is 10.0. The number of thiol groups is 1. The van der Waals surface area contributed by atoms with Gasteiger partial charge in [0, 0.05) is 92.8 Å². The Morgan fingerprint density at radius 3 is 2.07 bits per heavy atom. The number of carbonyl (C=O) groups excluding carboxylic acids is 5. The number of aryl methyl sites for hydroxylation is 1. The number of nitrogens with zero attached hydrogens (tertiary/aromatic N) is 3. The molecule has 5 rings (SSSR count). The second-order valence-electron chi connectivity index (χ2n) is 17.8. The maximum atomic E-state index is 14.5. The van der Waals surface area contributed by atoms with Crippen molar-refractivity contribution in [3.63, 3.8) is 0 Å². The number of thioether (sulfide) groups is 1. The summed E-state index contributed by atoms with van der Waals surface area (Å²) < 4.78 is 31.1. The van der Waals surface area contributed by atoms with Crippen LogP contribution in [0.5, 0.6) is 0 Å². The summed E-state index contributed by atoms with van der Waals surface area (Å²) in [4.78, 5) is 71.1. The van der Waals surface area contributed by atoms with Crippen molar-refractivity contribution in [3.8, 4) is 0 Å². The van der Waals surface area contributed by atoms with E-state index in [1.54, 1.807) is 30.3 Å². The zero-order valence-corrected chi connectivity index (χ0v) is 46.4. The number of fused-ring (bicyclic) bond motifs is 1. The van der Waals surface area contributed by atoms with Gasteiger partial charge in [-0.1, -0.05) is 30.7 Å². The van der Waals surface area contributed by atoms with Gasteiger partial charge in [0.15, 0.2) is 11.6 Å². The molecule has 3 unspecified atom stereocenters. The second kappa shape index (κ2) is 37.0. The fourth-order valence-electron chi connectivity index (χ4n) is 7.82. The predicted molar refractivity (Wildman–Crippen MR) is 302 cm³/mol. The number of rotatable bonds is 36. The van der Waals surface area contributed by atoms with Crippen LogP contribution in [0.25, 0.3) is 0 Å². The van der Waals surface area contributed by atoms with Crippen molar-refractivity contribution in [2.24, 2.45) is 0 Å². The maximum Gasteiger partial charge on any atom is 0.315 e. The number of hydrogen-bond acceptors (Lipinski definition) is 15. The molecule has 3 aromatic rings. The summed E-state index contributed by atoms with van der Waals surface area (Å²) in [5.74, 6) is 0.207. The minimum atomic E-state index is -0.587. The molecule has 1 aromatic heterocycles. The number of hydrogen-bond donors (Lipinski definition) is 9. The van der Waals surface area contributed by atoms with Crippen molar-refractivity contribution >= 4 is 101 Å². The summed E-state index contributed by atoms with van der Waals surface area (Å²) in [7, 11) is 5.46. The predicted octanol–water partition coefficient (Wildman–Crippen LogP) is 6.96. The molecule has 3 heterocycles. The Bertz CT molecular complexity index is 2210. The van der Waals surface area contributed by atoms with Gasteiger partial charge in [0.05, 0.1) is 44.7 Å². The highest BCUT2D eigenvalue weighted by atomic mass is 127. The van der Waals surface area contributed by atoms with E-state index in [9.17, 15) is 28.4 Å². The number of carbonyl (C=O) groups is 5. The first-order valence-electron chi connectivity index (χ1n) is 25.3. The van der Waals surface area contributed by atoms with Gasteiger partial charge in [-0.05, 0) is 123 Å². The molecule has 2 aromatic carbocycles. The van der Waals surface area contributed by atoms with Crippen LogP contribution in [0, 0.1) is 12.7 Å². The van der Waals surface area contributed by atoms with Gasteiger partial charge < -0.3 is 61.6 Å². The average molecular weight is 1180 g/mol. The molecule has 8 N–H and O–H groups in total. The number of amides is 6. The van der Waals surface area contributed by atoms with E-state index in [-0.39, 0.29) is 66.4 Å². The minimum absolute atomic E-state index is 0.0371. The van der Waals surface area contributed by atoms with Crippen molar-refractivity contribution < 1.29 is 42.6 Å². The maximum absolute atomic E-state index is 14.5. The topological polar surface area (TPSA) is 238 Å². The van der Waals surface area contributed by atoms with Crippen LogP contribution < -0.4 is 42.5 Å². The summed E-state index contributed by atoms with van der Waals surface area (Å²) in [5.41, 5.74) is 2.91. The molecule has 74 heavy (non-hydrogen) atoms. The van der Waals surface area contributed by atoms with Crippen molar-refractivity contribution in [1.82, 2.24) is 41.5 Å². The van der Waals surface area contributed by atoms with E-state index in [1.807, 2.05) is 71.2 Å². The summed E-state index contributed by atoms with van der Waals surface area (Å²) in [6, 6.07) is 15.0. The Hall–Kier alpha value is -4.79. The smallest absolute Gasteiger partial charge is 0.315 e. The van der Waals surface area contributed by atoms with Crippen LogP contribution in [0.15, 0.2) is 66.9 Å². The molecule has 0 saturated carbocycles. The van der Waals surface area contributed by atoms with E-state index in [0.29, 0.717) is 107 Å². The number of halogens is 2. The molecule has 0 spiro atoms. The van der Waals surface area contributed by atoms with E-state index in [0.717, 1.165) is 62.6 Å². The Labute approximate surface area is 457 Å². The highest BCUT2D eigenvalue weighted by Gasteiger charge is 2.42. The fourth-order valence-corrected chi connectivity index (χ4v) is 9.37. The quantitative estimate of drug-likeness (QED) is 0.00942. The van der Waals surface area contributed by atoms with Gasteiger partial charge in [-0.25, -0.2) is 14.2 Å². The van der Waals surface area contributed by atoms with E-state index in [4.69, 9.17) is 14.2 Å². The fraction of sp³-hybridized carbons (Fsp3) is 0.549. The largest absolute Gasteiger partial charge is 0.379 e. The lowest BCUT2D eigenvalue weighted by Gasteiger charge is -2.16. The summed E-state index contributed by atoms with van der Waals surface area (Å²) >= 11 is 3.74. The average Bonchev–Trinajstić information content (AvgIpc) is 3.94. The van der Waals surface area contributed by atoms with E-state index in [2.05, 4.69) is 67.2 Å². The molecule has 3 atom stereocenters. The standard InChI is InChI=1S/C51H74FN11O8S.HIS/c1-37-13-7-14-38(33-37)58-49-41(52)35-56-50(62-49)59-40-16-8-15-39(34-40)57-47(67)21-10-26-63(2)25-6-5-22-53-45(65)19-9-20-46(66)55-24-12-28-70-30-32-71-31-29-69-27-11-23-54-44(64)18-4-3-17-43-48-42(36-72-43)60-51(68)61-48;1-2/h7-8,10,13-16,21,33-35,42-43,48H,3-6,9,11-12,17-20,22-32,36H2,1-2H3,(H,53,65)(H,54,64)(H,55,66)(H,57,67)(H2,60,61,68)(H2,56,58,59,62);2H/b21-10+;. The first-order chi connectivity index (χ1) is 36.0. The monoisotopic (exact) mass is 1180 g/mol. The number of anilines is 5. The summed E-state index contributed by atoms with van der Waals surface area (Å²) in [6.07, 6.45) is 11.8. The van der Waals surface area contributed by atoms with Crippen LogP contribution in [0.3, 0.4) is 0 Å². The third-order valence-electron chi connectivity index (χ3n) is 11.6. The Morgan fingerprint density at radius 1 is 0.784 bits per heavy atom. The van der Waals surface area contributed by atoms with Crippen molar-refractivity contribution in [2.75, 3.05) is 101 Å². The zero-order valence-electron chi connectivity index (χ0n) is 42.6. The Balaban J connectivity index is 0.00000585. The number of unbranched alkanes of at least 4 members (excludes halogenated alkanes) is 2. The van der Waals surface area contributed by atoms with Crippen LogP contribution >= 0.6 is 42.8 Å². The number of nitrogens with one attached hydrogen (secondary N) is 8. The van der Waals surface area contributed by atoms with E-state index >= 15 is 0 Å². The first kappa shape index (κ1) is 61.8. The van der Waals surface area contributed by atoms with Crippen molar-refractivity contribution in [3.05, 3.63) is 78.3 Å². The van der Waals surface area contributed by atoms with Gasteiger partial charge in [0.2, 0.25) is 29.6 Å². The van der Waals surface area contributed by atoms with Crippen LogP contribution in [-0.4, -0.2) is 147 Å². The number of likely N-dealkylation sites (N-methyl/N-ethyl adjacent to an activating group) is 1. The van der Waals surface area contributed by atoms with Crippen LogP contribution in [0.1, 0.15) is 76.2 Å². The molecular formula is C51H75FIN11O8S2. The SMILES string of the molecule is Cc1cccc(Nc2nc(Nc3cccc(NC(=O)/C=C/CN(C)CCCCNC(=O)CCCC(=O)NCCCOCCOCCOCCCNC(=O)CCCCC4SCC5NC(=O)NC54)c3)ncc2F)c1.SI. The molecule has 0 radical (unpaired) electrons. The molecule has 2 aliphatic heterocycles. The molecular weight excluding hydrogens is 1100 g/mol. The molecule has 0 bridgehead atoms. The van der Waals surface area contributed by atoms with Gasteiger partial charge in [-0.15, -0.1) is 9.80 Å². The second-order valence-corrected chi connectivity index (χ2v) is 19.0. The lowest BCUT2D eigenvalue weighted by Crippen LogP contribution is -2.36. The molecule has 2 fully saturated rings. The minimum Gasteiger partial charge on any atom is -0.379 e. The van der Waals surface area contributed by atoms with Crippen LogP contribution in [-0.2, 0) is 33.4 Å². The van der Waals surface area contributed by atoms with Gasteiger partial charge >= 0.3 is 6.03 Å². The van der Waals surface area contributed by atoms with Crippen LogP contribution in [0.2, 0.25) is 0 Å². The van der Waals surface area contributed by atoms with Gasteiger partial charge in [-0.2, -0.15) is 16.7 Å². The molecule has 0 aliphatic carbocycles. The highest BCUT2D eigenvalue weighted by Crippen LogP contribution is 2.33. The molecule has 408 valence electrons. The molecule has 6 amide bonds. The summed E-state index contributed by atoms with van der Waals surface area (Å²) in [5, 5.41) is 24.0. The number of benzene rings is 2. The highest BCUT2D eigenvalue weighted by molar-refractivity contribution is 14.2. The Morgan fingerprint density at radius 2 is 1.39 bits per heavy atom. The Kier molecular flexibility index (Phi) is 30.9. The normalized spacial score (nSPS) is 15.6. The molecule has 19 nitrogen and oxygen atoms in total. The number of urea groups is 1.